The maximum atomic E-state index is 15.4. The Bertz CT molecular complexity index is 1310. The molecule has 0 aliphatic heterocycles. The molecule has 2 N–H and O–H groups in total. The molecule has 224 valence electrons. The Labute approximate surface area is 246 Å². The van der Waals surface area contributed by atoms with Crippen molar-refractivity contribution >= 4 is 11.5 Å². The molecule has 6 rings (SSSR count). The van der Waals surface area contributed by atoms with E-state index in [4.69, 9.17) is 0 Å². The van der Waals surface area contributed by atoms with E-state index in [0.717, 1.165) is 31.3 Å². The number of aliphatic hydroxyl groups excluding tert-OH is 1. The van der Waals surface area contributed by atoms with Gasteiger partial charge in [0.05, 0.1) is 5.56 Å². The molecule has 5 aliphatic carbocycles. The summed E-state index contributed by atoms with van der Waals surface area (Å²) in [5.41, 5.74) is 3.35. The summed E-state index contributed by atoms with van der Waals surface area (Å²) in [5, 5.41) is 20.1. The first kappa shape index (κ1) is 29.1. The Morgan fingerprint density at radius 2 is 1.71 bits per heavy atom. The van der Waals surface area contributed by atoms with E-state index in [2.05, 4.69) is 54.2 Å². The van der Waals surface area contributed by atoms with Gasteiger partial charge in [0.1, 0.15) is 5.82 Å². The molecule has 0 saturated heterocycles. The molecule has 0 radical (unpaired) electrons. The molecule has 5 aliphatic rings. The lowest BCUT2D eigenvalue weighted by Crippen LogP contribution is -2.65. The number of benzene rings is 1. The fourth-order valence-electron chi connectivity index (χ4n) is 12.5. The predicted molar refractivity (Wildman–Crippen MR) is 163 cm³/mol. The molecule has 0 amide bonds. The van der Waals surface area contributed by atoms with Gasteiger partial charge in [0.15, 0.2) is 0 Å². The van der Waals surface area contributed by atoms with Crippen LogP contribution < -0.4 is 0 Å². The first-order chi connectivity index (χ1) is 19.2. The molecule has 4 saturated carbocycles. The van der Waals surface area contributed by atoms with Gasteiger partial charge < -0.3 is 10.2 Å². The number of halogens is 1. The van der Waals surface area contributed by atoms with Gasteiger partial charge >= 0.3 is 5.97 Å². The number of aromatic carboxylic acids is 1. The molecule has 41 heavy (non-hydrogen) atoms. The lowest BCUT2D eigenvalue weighted by molar-refractivity contribution is -0.228. The fraction of sp³-hybridized carbons (Fsp3) is 0.703. The second kappa shape index (κ2) is 9.28. The summed E-state index contributed by atoms with van der Waals surface area (Å²) in [5.74, 6) is 1.19. The van der Waals surface area contributed by atoms with Crippen molar-refractivity contribution in [2.24, 2.45) is 56.7 Å². The van der Waals surface area contributed by atoms with Gasteiger partial charge in [0.25, 0.3) is 0 Å². The van der Waals surface area contributed by atoms with Crippen LogP contribution in [0, 0.1) is 62.5 Å². The minimum Gasteiger partial charge on any atom is -0.478 e. The maximum Gasteiger partial charge on any atom is 0.335 e. The van der Waals surface area contributed by atoms with Crippen molar-refractivity contribution < 1.29 is 19.4 Å². The Hall–Kier alpha value is -1.94. The van der Waals surface area contributed by atoms with Gasteiger partial charge in [-0.3, -0.25) is 0 Å². The Balaban J connectivity index is 1.37. The molecule has 0 bridgehead atoms. The van der Waals surface area contributed by atoms with E-state index in [1.54, 1.807) is 12.1 Å². The molecule has 1 aromatic carbocycles. The van der Waals surface area contributed by atoms with E-state index in [9.17, 15) is 15.0 Å². The first-order valence-electron chi connectivity index (χ1n) is 16.2. The number of rotatable bonds is 4. The topological polar surface area (TPSA) is 57.5 Å². The third kappa shape index (κ3) is 3.74. The lowest BCUT2D eigenvalue weighted by atomic mass is 9.32. The number of allylic oxidation sites excluding steroid dienone is 3. The monoisotopic (exact) mass is 562 g/mol. The quantitative estimate of drug-likeness (QED) is 0.360. The van der Waals surface area contributed by atoms with Crippen molar-refractivity contribution in [2.45, 2.75) is 99.3 Å². The summed E-state index contributed by atoms with van der Waals surface area (Å²) in [6.45, 7) is 19.4. The number of hydrogen-bond acceptors (Lipinski definition) is 2. The Kier molecular flexibility index (Phi) is 6.60. The standard InChI is InChI=1S/C37H51FO3/c1-22(2)24-12-17-37(21-39)19-18-35(6)27(31(24)37)10-11-30-34(5)15-13-26(25-9-8-23(32(40)41)20-28(25)38)33(3,4)29(34)14-16-36(30,35)7/h8-9,13,20,24,27,29-31,39H,1,10-12,14-19,21H2,2-7H3,(H,40,41). The van der Waals surface area contributed by atoms with Gasteiger partial charge in [0.2, 0.25) is 0 Å². The SMILES string of the molecule is C=C(C)C1CCC2(CO)CCC3(C)C(CCC4C5(C)CC=C(c6ccc(C(=O)O)cc6F)C(C)(C)C5CCC43C)C12. The van der Waals surface area contributed by atoms with E-state index in [0.29, 0.717) is 41.8 Å². The summed E-state index contributed by atoms with van der Waals surface area (Å²) in [4.78, 5) is 11.4. The normalized spacial score (nSPS) is 44.6. The number of hydrogen-bond donors (Lipinski definition) is 2. The minimum atomic E-state index is -1.10. The lowest BCUT2D eigenvalue weighted by Gasteiger charge is -2.72. The highest BCUT2D eigenvalue weighted by atomic mass is 19.1. The molecule has 9 unspecified atom stereocenters. The second-order valence-electron chi connectivity index (χ2n) is 16.2. The van der Waals surface area contributed by atoms with Gasteiger partial charge in [-0.25, -0.2) is 9.18 Å². The van der Waals surface area contributed by atoms with Crippen LogP contribution in [-0.4, -0.2) is 22.8 Å². The minimum absolute atomic E-state index is 0.00223. The maximum absolute atomic E-state index is 15.4. The number of aliphatic hydroxyl groups is 1. The highest BCUT2D eigenvalue weighted by Crippen LogP contribution is 2.77. The molecular formula is C37H51FO3. The summed E-state index contributed by atoms with van der Waals surface area (Å²) in [6.07, 6.45) is 12.7. The van der Waals surface area contributed by atoms with E-state index < -0.39 is 11.8 Å². The Morgan fingerprint density at radius 3 is 2.34 bits per heavy atom. The van der Waals surface area contributed by atoms with Gasteiger partial charge in [-0.05, 0) is 139 Å². The zero-order valence-electron chi connectivity index (χ0n) is 26.2. The van der Waals surface area contributed by atoms with Crippen molar-refractivity contribution in [3.63, 3.8) is 0 Å². The highest BCUT2D eigenvalue weighted by molar-refractivity contribution is 5.88. The molecule has 3 nitrogen and oxygen atoms in total. The Morgan fingerprint density at radius 1 is 0.976 bits per heavy atom. The van der Waals surface area contributed by atoms with Crippen molar-refractivity contribution in [2.75, 3.05) is 6.61 Å². The smallest absolute Gasteiger partial charge is 0.335 e. The average molecular weight is 563 g/mol. The number of carboxylic acids is 1. The van der Waals surface area contributed by atoms with Crippen molar-refractivity contribution in [1.82, 2.24) is 0 Å². The predicted octanol–water partition coefficient (Wildman–Crippen LogP) is 9.17. The van der Waals surface area contributed by atoms with Gasteiger partial charge in [-0.1, -0.05) is 58.9 Å². The molecule has 0 spiro atoms. The largest absolute Gasteiger partial charge is 0.478 e. The van der Waals surface area contributed by atoms with Gasteiger partial charge in [0, 0.05) is 12.2 Å². The van der Waals surface area contributed by atoms with Gasteiger partial charge in [-0.15, -0.1) is 0 Å². The van der Waals surface area contributed by atoms with Crippen LogP contribution in [0.15, 0.2) is 36.4 Å². The summed E-state index contributed by atoms with van der Waals surface area (Å²) >= 11 is 0. The molecule has 0 heterocycles. The van der Waals surface area contributed by atoms with Crippen LogP contribution in [0.1, 0.15) is 115 Å². The fourth-order valence-corrected chi connectivity index (χ4v) is 12.5. The van der Waals surface area contributed by atoms with E-state index >= 15 is 4.39 Å². The van der Waals surface area contributed by atoms with Crippen LogP contribution >= 0.6 is 0 Å². The van der Waals surface area contributed by atoms with E-state index in [1.165, 1.54) is 43.7 Å². The number of carboxylic acid groups (broad SMARTS) is 1. The van der Waals surface area contributed by atoms with Crippen molar-refractivity contribution in [3.05, 3.63) is 53.4 Å². The van der Waals surface area contributed by atoms with Crippen LogP contribution in [0.2, 0.25) is 0 Å². The molecule has 4 heteroatoms. The molecule has 1 aromatic rings. The third-order valence-electron chi connectivity index (χ3n) is 14.6. The number of fused-ring (bicyclic) bond motifs is 7. The summed E-state index contributed by atoms with van der Waals surface area (Å²) in [7, 11) is 0. The van der Waals surface area contributed by atoms with Crippen LogP contribution in [0.5, 0.6) is 0 Å². The van der Waals surface area contributed by atoms with Crippen LogP contribution in [-0.2, 0) is 0 Å². The summed E-state index contributed by atoms with van der Waals surface area (Å²) in [6, 6.07) is 4.41. The second-order valence-corrected chi connectivity index (χ2v) is 16.2. The van der Waals surface area contributed by atoms with E-state index in [1.807, 2.05) is 0 Å². The number of carbonyl (C=O) groups is 1. The molecule has 0 aromatic heterocycles. The van der Waals surface area contributed by atoms with E-state index in [-0.39, 0.29) is 32.6 Å². The van der Waals surface area contributed by atoms with Crippen molar-refractivity contribution in [3.8, 4) is 0 Å². The third-order valence-corrected chi connectivity index (χ3v) is 14.6. The van der Waals surface area contributed by atoms with Crippen molar-refractivity contribution in [1.29, 1.82) is 0 Å². The first-order valence-corrected chi connectivity index (χ1v) is 16.2. The molecular weight excluding hydrogens is 511 g/mol. The molecule has 9 atom stereocenters. The van der Waals surface area contributed by atoms with Crippen LogP contribution in [0.25, 0.3) is 5.57 Å². The zero-order valence-corrected chi connectivity index (χ0v) is 26.2. The highest BCUT2D eigenvalue weighted by Gasteiger charge is 2.70. The van der Waals surface area contributed by atoms with Gasteiger partial charge in [-0.2, -0.15) is 0 Å². The average Bonchev–Trinajstić information content (AvgIpc) is 3.30. The summed E-state index contributed by atoms with van der Waals surface area (Å²) < 4.78 is 15.4. The molecule has 4 fully saturated rings. The van der Waals surface area contributed by atoms with Crippen LogP contribution in [0.3, 0.4) is 0 Å². The zero-order chi connectivity index (χ0) is 29.8. The van der Waals surface area contributed by atoms with Crippen LogP contribution in [0.4, 0.5) is 4.39 Å².